The second-order valence-corrected chi connectivity index (χ2v) is 8.04. The second kappa shape index (κ2) is 9.28. The van der Waals surface area contributed by atoms with E-state index in [0.717, 1.165) is 35.7 Å². The highest BCUT2D eigenvalue weighted by molar-refractivity contribution is 5.91. The molecule has 0 unspecified atom stereocenters. The van der Waals surface area contributed by atoms with E-state index in [2.05, 4.69) is 17.0 Å². The molecule has 1 amide bonds. The van der Waals surface area contributed by atoms with Gasteiger partial charge >= 0.3 is 0 Å². The topological polar surface area (TPSA) is 55.2 Å². The Hall–Kier alpha value is -3.93. The number of rotatable bonds is 6. The third kappa shape index (κ3) is 4.65. The summed E-state index contributed by atoms with van der Waals surface area (Å²) in [7, 11) is 1.66. The van der Waals surface area contributed by atoms with Gasteiger partial charge in [-0.3, -0.25) is 4.79 Å². The van der Waals surface area contributed by atoms with Gasteiger partial charge in [0, 0.05) is 31.9 Å². The van der Waals surface area contributed by atoms with Gasteiger partial charge in [-0.05, 0) is 59.3 Å². The number of fused-ring (bicyclic) bond motifs is 1. The van der Waals surface area contributed by atoms with E-state index in [1.807, 2.05) is 65.6 Å². The van der Waals surface area contributed by atoms with E-state index in [-0.39, 0.29) is 12.5 Å². The Balaban J connectivity index is 1.16. The number of ether oxygens (including phenoxy) is 2. The first-order valence-electron chi connectivity index (χ1n) is 11.1. The standard InChI is InChI=1S/C27H26N2O4/c1-31-23-10-7-22(8-11-23)28-14-16-29(17-15-28)27(30)26-13-12-25(33-26)19-32-24-9-6-20-4-2-3-5-21(20)18-24/h2-13,18H,14-17,19H2,1H3. The number of piperazine rings is 1. The number of benzene rings is 3. The molecular weight excluding hydrogens is 416 g/mol. The summed E-state index contributed by atoms with van der Waals surface area (Å²) in [6, 6.07) is 25.7. The van der Waals surface area contributed by atoms with Crippen LogP contribution in [0.1, 0.15) is 16.3 Å². The van der Waals surface area contributed by atoms with Crippen LogP contribution in [-0.4, -0.2) is 44.1 Å². The third-order valence-corrected chi connectivity index (χ3v) is 5.98. The van der Waals surface area contributed by atoms with Crippen LogP contribution in [0.4, 0.5) is 5.69 Å². The summed E-state index contributed by atoms with van der Waals surface area (Å²) < 4.78 is 16.9. The largest absolute Gasteiger partial charge is 0.497 e. The molecule has 0 saturated carbocycles. The monoisotopic (exact) mass is 442 g/mol. The van der Waals surface area contributed by atoms with Crippen molar-refractivity contribution in [2.75, 3.05) is 38.2 Å². The number of furan rings is 1. The maximum atomic E-state index is 12.9. The van der Waals surface area contributed by atoms with E-state index in [4.69, 9.17) is 13.9 Å². The highest BCUT2D eigenvalue weighted by atomic mass is 16.5. The van der Waals surface area contributed by atoms with Crippen molar-refractivity contribution in [1.29, 1.82) is 0 Å². The van der Waals surface area contributed by atoms with Crippen molar-refractivity contribution < 1.29 is 18.7 Å². The maximum absolute atomic E-state index is 12.9. The van der Waals surface area contributed by atoms with Crippen molar-refractivity contribution in [3.8, 4) is 11.5 Å². The van der Waals surface area contributed by atoms with Gasteiger partial charge < -0.3 is 23.7 Å². The minimum absolute atomic E-state index is 0.0821. The van der Waals surface area contributed by atoms with Crippen LogP contribution in [0.3, 0.4) is 0 Å². The van der Waals surface area contributed by atoms with E-state index in [0.29, 0.717) is 24.6 Å². The molecule has 1 aromatic heterocycles. The normalized spacial score (nSPS) is 13.8. The van der Waals surface area contributed by atoms with E-state index >= 15 is 0 Å². The van der Waals surface area contributed by atoms with Crippen LogP contribution in [0, 0.1) is 0 Å². The molecule has 0 bridgehead atoms. The molecule has 0 N–H and O–H groups in total. The number of carbonyl (C=O) groups is 1. The zero-order valence-electron chi connectivity index (χ0n) is 18.6. The fourth-order valence-corrected chi connectivity index (χ4v) is 4.10. The molecule has 168 valence electrons. The summed E-state index contributed by atoms with van der Waals surface area (Å²) >= 11 is 0. The van der Waals surface area contributed by atoms with Crippen molar-refractivity contribution in [1.82, 2.24) is 4.90 Å². The van der Waals surface area contributed by atoms with Crippen molar-refractivity contribution in [3.05, 3.63) is 90.4 Å². The van der Waals surface area contributed by atoms with Gasteiger partial charge in [-0.1, -0.05) is 30.3 Å². The number of carbonyl (C=O) groups excluding carboxylic acids is 1. The minimum atomic E-state index is -0.0821. The Morgan fingerprint density at radius 3 is 2.33 bits per heavy atom. The van der Waals surface area contributed by atoms with Crippen LogP contribution >= 0.6 is 0 Å². The minimum Gasteiger partial charge on any atom is -0.497 e. The lowest BCUT2D eigenvalue weighted by Gasteiger charge is -2.35. The predicted octanol–water partition coefficient (Wildman–Crippen LogP) is 4.98. The summed E-state index contributed by atoms with van der Waals surface area (Å²) in [5, 5.41) is 2.29. The molecular formula is C27H26N2O4. The van der Waals surface area contributed by atoms with Crippen LogP contribution in [0.2, 0.25) is 0 Å². The van der Waals surface area contributed by atoms with Crippen molar-refractivity contribution >= 4 is 22.4 Å². The first kappa shape index (κ1) is 20.9. The van der Waals surface area contributed by atoms with Crippen LogP contribution in [0.15, 0.2) is 83.3 Å². The molecule has 1 aliphatic rings. The summed E-state index contributed by atoms with van der Waals surface area (Å²) in [5.74, 6) is 2.51. The average Bonchev–Trinajstić information content (AvgIpc) is 3.36. The third-order valence-electron chi connectivity index (χ3n) is 5.98. The highest BCUT2D eigenvalue weighted by Gasteiger charge is 2.24. The van der Waals surface area contributed by atoms with Gasteiger partial charge in [-0.25, -0.2) is 0 Å². The molecule has 0 radical (unpaired) electrons. The highest BCUT2D eigenvalue weighted by Crippen LogP contribution is 2.23. The molecule has 6 nitrogen and oxygen atoms in total. The Morgan fingerprint density at radius 2 is 1.58 bits per heavy atom. The maximum Gasteiger partial charge on any atom is 0.289 e. The molecule has 33 heavy (non-hydrogen) atoms. The van der Waals surface area contributed by atoms with Gasteiger partial charge in [0.25, 0.3) is 5.91 Å². The number of anilines is 1. The predicted molar refractivity (Wildman–Crippen MR) is 128 cm³/mol. The molecule has 2 heterocycles. The zero-order valence-corrected chi connectivity index (χ0v) is 18.6. The van der Waals surface area contributed by atoms with Gasteiger partial charge in [0.05, 0.1) is 7.11 Å². The second-order valence-electron chi connectivity index (χ2n) is 8.04. The van der Waals surface area contributed by atoms with Gasteiger partial charge in [0.1, 0.15) is 23.9 Å². The smallest absolute Gasteiger partial charge is 0.289 e. The Bertz CT molecular complexity index is 1240. The Labute approximate surface area is 192 Å². The Kier molecular flexibility index (Phi) is 5.89. The molecule has 0 spiro atoms. The lowest BCUT2D eigenvalue weighted by atomic mass is 10.1. The molecule has 0 atom stereocenters. The SMILES string of the molecule is COc1ccc(N2CCN(C(=O)c3ccc(COc4ccc5ccccc5c4)o3)CC2)cc1. The quantitative estimate of drug-likeness (QED) is 0.421. The van der Waals surface area contributed by atoms with Gasteiger partial charge in [-0.2, -0.15) is 0 Å². The van der Waals surface area contributed by atoms with Crippen LogP contribution < -0.4 is 14.4 Å². The van der Waals surface area contributed by atoms with E-state index in [1.165, 1.54) is 5.39 Å². The Morgan fingerprint density at radius 1 is 0.848 bits per heavy atom. The molecule has 3 aromatic carbocycles. The fraction of sp³-hybridized carbons (Fsp3) is 0.222. The van der Waals surface area contributed by atoms with Crippen molar-refractivity contribution in [3.63, 3.8) is 0 Å². The molecule has 1 fully saturated rings. The average molecular weight is 443 g/mol. The molecule has 0 aliphatic carbocycles. The van der Waals surface area contributed by atoms with E-state index in [9.17, 15) is 4.79 Å². The summed E-state index contributed by atoms with van der Waals surface area (Å²) in [6.07, 6.45) is 0. The summed E-state index contributed by atoms with van der Waals surface area (Å²) in [4.78, 5) is 17.0. The van der Waals surface area contributed by atoms with Crippen LogP contribution in [0.5, 0.6) is 11.5 Å². The number of hydrogen-bond acceptors (Lipinski definition) is 5. The molecule has 1 aliphatic heterocycles. The van der Waals surface area contributed by atoms with Crippen molar-refractivity contribution in [2.24, 2.45) is 0 Å². The van der Waals surface area contributed by atoms with Gasteiger partial charge in [-0.15, -0.1) is 0 Å². The van der Waals surface area contributed by atoms with E-state index < -0.39 is 0 Å². The first-order chi connectivity index (χ1) is 16.2. The lowest BCUT2D eigenvalue weighted by Crippen LogP contribution is -2.48. The molecule has 1 saturated heterocycles. The lowest BCUT2D eigenvalue weighted by molar-refractivity contribution is 0.0710. The van der Waals surface area contributed by atoms with Crippen LogP contribution in [0.25, 0.3) is 10.8 Å². The van der Waals surface area contributed by atoms with Gasteiger partial charge in [0.2, 0.25) is 0 Å². The zero-order chi connectivity index (χ0) is 22.6. The van der Waals surface area contributed by atoms with Crippen molar-refractivity contribution in [2.45, 2.75) is 6.61 Å². The van der Waals surface area contributed by atoms with E-state index in [1.54, 1.807) is 13.2 Å². The molecule has 4 aromatic rings. The fourth-order valence-electron chi connectivity index (χ4n) is 4.10. The number of methoxy groups -OCH3 is 1. The van der Waals surface area contributed by atoms with Crippen LogP contribution in [-0.2, 0) is 6.61 Å². The molecule has 6 heteroatoms. The number of nitrogens with zero attached hydrogens (tertiary/aromatic N) is 2. The van der Waals surface area contributed by atoms with Gasteiger partial charge in [0.15, 0.2) is 5.76 Å². The number of hydrogen-bond donors (Lipinski definition) is 0. The summed E-state index contributed by atoms with van der Waals surface area (Å²) in [5.41, 5.74) is 1.13. The summed E-state index contributed by atoms with van der Waals surface area (Å²) in [6.45, 7) is 3.12. The number of amides is 1. The first-order valence-corrected chi connectivity index (χ1v) is 11.1. The molecule has 5 rings (SSSR count).